The summed E-state index contributed by atoms with van der Waals surface area (Å²) < 4.78 is 12.1. The molecule has 1 aromatic carbocycles. The third kappa shape index (κ3) is 4.36. The van der Waals surface area contributed by atoms with Gasteiger partial charge >= 0.3 is 0 Å². The van der Waals surface area contributed by atoms with Crippen LogP contribution in [0.3, 0.4) is 0 Å². The Hall–Kier alpha value is -4.15. The number of aromatic nitrogens is 4. The van der Waals surface area contributed by atoms with Crippen LogP contribution in [0, 0.1) is 0 Å². The van der Waals surface area contributed by atoms with Crippen molar-refractivity contribution >= 4 is 39.0 Å². The minimum Gasteiger partial charge on any atom is -0.443 e. The molecule has 5 aromatic rings. The van der Waals surface area contributed by atoms with Gasteiger partial charge < -0.3 is 19.4 Å². The minimum atomic E-state index is -0.227. The fourth-order valence-electron chi connectivity index (χ4n) is 3.93. The van der Waals surface area contributed by atoms with Crippen LogP contribution in [0.15, 0.2) is 71.9 Å². The van der Waals surface area contributed by atoms with Crippen molar-refractivity contribution in [2.45, 2.75) is 0 Å². The molecule has 1 N–H and O–H groups in total. The number of benzene rings is 1. The molecule has 0 aliphatic carbocycles. The predicted molar refractivity (Wildman–Crippen MR) is 134 cm³/mol. The first-order chi connectivity index (χ1) is 17.2. The van der Waals surface area contributed by atoms with E-state index in [1.165, 1.54) is 12.6 Å². The average molecular weight is 485 g/mol. The molecular weight excluding hydrogens is 464 g/mol. The molecule has 4 aromatic heterocycles. The molecule has 9 nitrogen and oxygen atoms in total. The Labute approximate surface area is 204 Å². The van der Waals surface area contributed by atoms with Gasteiger partial charge in [-0.25, -0.2) is 15.0 Å². The number of carbonyl (C=O) groups is 1. The van der Waals surface area contributed by atoms with Crippen LogP contribution < -0.4 is 10.2 Å². The molecule has 1 saturated heterocycles. The van der Waals surface area contributed by atoms with E-state index in [4.69, 9.17) is 19.1 Å². The number of nitrogens with one attached hydrogen (secondary N) is 1. The highest BCUT2D eigenvalue weighted by Gasteiger charge is 2.21. The SMILES string of the molecule is O=C(Nc1cccc(-c2nc(N3CCOCC3)c3sc(-c4cnco4)cc3n2)c1)c1cccnc1. The van der Waals surface area contributed by atoms with Gasteiger partial charge in [-0.05, 0) is 30.3 Å². The number of amides is 1. The summed E-state index contributed by atoms with van der Waals surface area (Å²) in [6.45, 7) is 2.80. The standard InChI is InChI=1S/C25H20N6O3S/c32-25(17-4-2-6-26-13-17)28-18-5-1-3-16(11-18)23-29-19-12-21(20-14-27-15-34-20)35-22(19)24(30-23)31-7-9-33-10-8-31/h1-6,11-15H,7-10H2,(H,28,32). The lowest BCUT2D eigenvalue weighted by Gasteiger charge is -2.28. The zero-order valence-electron chi connectivity index (χ0n) is 18.5. The number of oxazole rings is 1. The molecule has 10 heteroatoms. The van der Waals surface area contributed by atoms with Gasteiger partial charge in [0.2, 0.25) is 0 Å². The van der Waals surface area contributed by atoms with Gasteiger partial charge in [-0.1, -0.05) is 12.1 Å². The summed E-state index contributed by atoms with van der Waals surface area (Å²) in [6, 6.07) is 13.0. The van der Waals surface area contributed by atoms with E-state index in [1.807, 2.05) is 30.3 Å². The molecule has 1 aliphatic heterocycles. The zero-order chi connectivity index (χ0) is 23.6. The van der Waals surface area contributed by atoms with E-state index in [2.05, 4.69) is 20.2 Å². The van der Waals surface area contributed by atoms with Crippen LogP contribution >= 0.6 is 11.3 Å². The number of thiophene rings is 1. The van der Waals surface area contributed by atoms with E-state index in [9.17, 15) is 4.79 Å². The lowest BCUT2D eigenvalue weighted by atomic mass is 10.1. The normalized spacial score (nSPS) is 13.8. The van der Waals surface area contributed by atoms with Gasteiger partial charge in [0.05, 0.1) is 40.1 Å². The number of pyridine rings is 1. The minimum absolute atomic E-state index is 0.227. The van der Waals surface area contributed by atoms with Gasteiger partial charge in [-0.2, -0.15) is 0 Å². The van der Waals surface area contributed by atoms with Crippen molar-refractivity contribution in [1.29, 1.82) is 0 Å². The van der Waals surface area contributed by atoms with Crippen LogP contribution in [0.25, 0.3) is 32.2 Å². The van der Waals surface area contributed by atoms with Crippen molar-refractivity contribution < 1.29 is 13.9 Å². The third-order valence-corrected chi connectivity index (χ3v) is 6.78. The van der Waals surface area contributed by atoms with Gasteiger partial charge in [-0.3, -0.25) is 9.78 Å². The van der Waals surface area contributed by atoms with Crippen LogP contribution in [0.1, 0.15) is 10.4 Å². The number of ether oxygens (including phenoxy) is 1. The van der Waals surface area contributed by atoms with Crippen LogP contribution in [0.4, 0.5) is 11.5 Å². The Morgan fingerprint density at radius 2 is 1.94 bits per heavy atom. The van der Waals surface area contributed by atoms with Gasteiger partial charge in [0.25, 0.3) is 5.91 Å². The Morgan fingerprint density at radius 3 is 2.74 bits per heavy atom. The number of hydrogen-bond acceptors (Lipinski definition) is 9. The van der Waals surface area contributed by atoms with Crippen molar-refractivity contribution in [3.05, 3.63) is 73.0 Å². The first-order valence-electron chi connectivity index (χ1n) is 11.1. The topological polar surface area (TPSA) is 106 Å². The van der Waals surface area contributed by atoms with Crippen LogP contribution in [0.2, 0.25) is 0 Å². The number of nitrogens with zero attached hydrogens (tertiary/aromatic N) is 5. The molecule has 1 aliphatic rings. The second kappa shape index (κ2) is 9.24. The van der Waals surface area contributed by atoms with Crippen LogP contribution in [-0.4, -0.2) is 52.1 Å². The average Bonchev–Trinajstić information content (AvgIpc) is 3.59. The molecule has 1 amide bonds. The first kappa shape index (κ1) is 21.4. The van der Waals surface area contributed by atoms with Crippen molar-refractivity contribution in [3.8, 4) is 22.0 Å². The Balaban J connectivity index is 1.39. The second-order valence-electron chi connectivity index (χ2n) is 7.94. The molecule has 35 heavy (non-hydrogen) atoms. The maximum absolute atomic E-state index is 12.6. The Morgan fingerprint density at radius 1 is 1.03 bits per heavy atom. The molecule has 0 unspecified atom stereocenters. The lowest BCUT2D eigenvalue weighted by Crippen LogP contribution is -2.36. The molecule has 0 atom stereocenters. The number of morpholine rings is 1. The predicted octanol–water partition coefficient (Wildman–Crippen LogP) is 4.50. The van der Waals surface area contributed by atoms with Gasteiger partial charge in [-0.15, -0.1) is 11.3 Å². The van der Waals surface area contributed by atoms with E-state index >= 15 is 0 Å². The van der Waals surface area contributed by atoms with Crippen molar-refractivity contribution in [2.75, 3.05) is 36.5 Å². The smallest absolute Gasteiger partial charge is 0.257 e. The van der Waals surface area contributed by atoms with Crippen molar-refractivity contribution in [1.82, 2.24) is 19.9 Å². The van der Waals surface area contributed by atoms with Gasteiger partial charge in [0.15, 0.2) is 23.8 Å². The number of rotatable bonds is 5. The number of hydrogen-bond donors (Lipinski definition) is 1. The monoisotopic (exact) mass is 484 g/mol. The highest BCUT2D eigenvalue weighted by atomic mass is 32.1. The summed E-state index contributed by atoms with van der Waals surface area (Å²) >= 11 is 1.58. The fraction of sp³-hybridized carbons (Fsp3) is 0.160. The molecule has 1 fully saturated rings. The highest BCUT2D eigenvalue weighted by Crippen LogP contribution is 2.38. The summed E-state index contributed by atoms with van der Waals surface area (Å²) in [4.78, 5) is 33.7. The first-order valence-corrected chi connectivity index (χ1v) is 11.9. The molecule has 0 radical (unpaired) electrons. The van der Waals surface area contributed by atoms with E-state index in [1.54, 1.807) is 35.9 Å². The van der Waals surface area contributed by atoms with E-state index in [0.29, 0.717) is 36.0 Å². The molecular formula is C25H20N6O3S. The maximum atomic E-state index is 12.6. The lowest BCUT2D eigenvalue weighted by molar-refractivity contribution is 0.102. The summed E-state index contributed by atoms with van der Waals surface area (Å²) in [7, 11) is 0. The Kier molecular flexibility index (Phi) is 5.65. The quantitative estimate of drug-likeness (QED) is 0.389. The summed E-state index contributed by atoms with van der Waals surface area (Å²) in [5, 5.41) is 2.93. The summed E-state index contributed by atoms with van der Waals surface area (Å²) in [6.07, 6.45) is 6.29. The number of carbonyl (C=O) groups excluding carboxylic acids is 1. The molecule has 0 bridgehead atoms. The molecule has 174 valence electrons. The third-order valence-electron chi connectivity index (χ3n) is 5.64. The maximum Gasteiger partial charge on any atom is 0.257 e. The molecule has 5 heterocycles. The van der Waals surface area contributed by atoms with Crippen LogP contribution in [0.5, 0.6) is 0 Å². The summed E-state index contributed by atoms with van der Waals surface area (Å²) in [5.41, 5.74) is 2.78. The zero-order valence-corrected chi connectivity index (χ0v) is 19.4. The summed E-state index contributed by atoms with van der Waals surface area (Å²) in [5.74, 6) is 1.92. The fourth-order valence-corrected chi connectivity index (χ4v) is 5.00. The van der Waals surface area contributed by atoms with Crippen molar-refractivity contribution in [3.63, 3.8) is 0 Å². The Bertz CT molecular complexity index is 1480. The van der Waals surface area contributed by atoms with E-state index < -0.39 is 0 Å². The van der Waals surface area contributed by atoms with Crippen LogP contribution in [-0.2, 0) is 4.74 Å². The second-order valence-corrected chi connectivity index (χ2v) is 8.99. The highest BCUT2D eigenvalue weighted by molar-refractivity contribution is 7.22. The molecule has 0 saturated carbocycles. The van der Waals surface area contributed by atoms with Gasteiger partial charge in [0, 0.05) is 36.7 Å². The largest absolute Gasteiger partial charge is 0.443 e. The number of anilines is 2. The van der Waals surface area contributed by atoms with E-state index in [0.717, 1.165) is 39.6 Å². The molecule has 6 rings (SSSR count). The van der Waals surface area contributed by atoms with Gasteiger partial charge in [0.1, 0.15) is 0 Å². The molecule has 0 spiro atoms. The van der Waals surface area contributed by atoms with E-state index in [-0.39, 0.29) is 5.91 Å². The number of fused-ring (bicyclic) bond motifs is 1. The van der Waals surface area contributed by atoms with Crippen molar-refractivity contribution in [2.24, 2.45) is 0 Å².